The number of nitrogens with zero attached hydrogens (tertiary/aromatic N) is 3. The van der Waals surface area contributed by atoms with E-state index in [2.05, 4.69) is 4.98 Å². The van der Waals surface area contributed by atoms with Crippen molar-refractivity contribution in [1.82, 2.24) is 9.29 Å². The highest BCUT2D eigenvalue weighted by atomic mass is 32.2. The van der Waals surface area contributed by atoms with Crippen molar-refractivity contribution >= 4 is 38.8 Å². The summed E-state index contributed by atoms with van der Waals surface area (Å²) in [6.45, 7) is 0.906. The van der Waals surface area contributed by atoms with Crippen molar-refractivity contribution in [2.75, 3.05) is 13.1 Å². The molecule has 0 saturated carbocycles. The van der Waals surface area contributed by atoms with Gasteiger partial charge in [0.25, 0.3) is 5.69 Å². The van der Waals surface area contributed by atoms with Gasteiger partial charge in [0.05, 0.1) is 26.7 Å². The fraction of sp³-hybridized carbons (Fsp3) is 0.350. The second-order valence-corrected chi connectivity index (χ2v) is 10.9. The summed E-state index contributed by atoms with van der Waals surface area (Å²) in [7, 11) is -3.75. The summed E-state index contributed by atoms with van der Waals surface area (Å²) in [5, 5.41) is 14.3. The van der Waals surface area contributed by atoms with E-state index >= 15 is 0 Å². The maximum absolute atomic E-state index is 13.0. The average molecular weight is 480 g/mol. The number of nitro benzene ring substituents is 1. The molecule has 0 bridgehead atoms. The minimum absolute atomic E-state index is 0.0285. The molecule has 11 heteroatoms. The molecule has 0 unspecified atom stereocenters. The van der Waals surface area contributed by atoms with Crippen molar-refractivity contribution in [3.63, 3.8) is 0 Å². The van der Waals surface area contributed by atoms with Crippen molar-refractivity contribution in [3.05, 3.63) is 57.8 Å². The number of hydrogen-bond acceptors (Lipinski definition) is 8. The lowest BCUT2D eigenvalue weighted by Crippen LogP contribution is -2.31. The van der Waals surface area contributed by atoms with Crippen LogP contribution in [0, 0.1) is 10.1 Å². The molecule has 0 radical (unpaired) electrons. The van der Waals surface area contributed by atoms with E-state index in [1.807, 2.05) is 11.4 Å². The van der Waals surface area contributed by atoms with Crippen molar-refractivity contribution < 1.29 is 17.8 Å². The molecule has 0 spiro atoms. The molecule has 0 atom stereocenters. The smallest absolute Gasteiger partial charge is 0.284 e. The van der Waals surface area contributed by atoms with Gasteiger partial charge in [-0.1, -0.05) is 12.8 Å². The Morgan fingerprint density at radius 2 is 1.97 bits per heavy atom. The number of aromatic nitrogens is 1. The van der Waals surface area contributed by atoms with Gasteiger partial charge in [-0.05, 0) is 37.1 Å². The van der Waals surface area contributed by atoms with E-state index in [1.54, 1.807) is 12.3 Å². The van der Waals surface area contributed by atoms with Crippen LogP contribution in [0.2, 0.25) is 0 Å². The number of thioether (sulfide) groups is 1. The van der Waals surface area contributed by atoms with E-state index in [1.165, 1.54) is 45.6 Å². The molecule has 164 valence electrons. The lowest BCUT2D eigenvalue weighted by Gasteiger charge is -2.20. The summed E-state index contributed by atoms with van der Waals surface area (Å²) in [6, 6.07) is 7.77. The number of sulfonamides is 1. The summed E-state index contributed by atoms with van der Waals surface area (Å²) >= 11 is 2.70. The SMILES string of the molecule is O=[N+]([O-])c1cc(S(=O)(=O)N2CCCCCC2)ccc1SCc1csc(-c2ccco2)n1. The van der Waals surface area contributed by atoms with Gasteiger partial charge in [-0.3, -0.25) is 10.1 Å². The lowest BCUT2D eigenvalue weighted by molar-refractivity contribution is -0.388. The first kappa shape index (κ1) is 22.0. The zero-order chi connectivity index (χ0) is 21.8. The fourth-order valence-corrected chi connectivity index (χ4v) is 6.72. The van der Waals surface area contributed by atoms with E-state index in [4.69, 9.17) is 4.42 Å². The van der Waals surface area contributed by atoms with Crippen molar-refractivity contribution in [2.24, 2.45) is 0 Å². The number of benzene rings is 1. The van der Waals surface area contributed by atoms with Crippen LogP contribution in [0.15, 0.2) is 56.2 Å². The molecule has 1 aromatic carbocycles. The Labute approximate surface area is 188 Å². The van der Waals surface area contributed by atoms with Crippen molar-refractivity contribution in [2.45, 2.75) is 41.2 Å². The summed E-state index contributed by atoms with van der Waals surface area (Å²) in [6.07, 6.45) is 5.20. The minimum Gasteiger partial charge on any atom is -0.462 e. The molecule has 0 amide bonds. The average Bonchev–Trinajstić information content (AvgIpc) is 3.38. The van der Waals surface area contributed by atoms with Crippen LogP contribution in [0.5, 0.6) is 0 Å². The maximum Gasteiger partial charge on any atom is 0.284 e. The Morgan fingerprint density at radius 1 is 1.19 bits per heavy atom. The molecule has 2 aromatic heterocycles. The summed E-state index contributed by atoms with van der Waals surface area (Å²) in [5.41, 5.74) is 0.569. The maximum atomic E-state index is 13.0. The number of hydrogen-bond donors (Lipinski definition) is 0. The Bertz CT molecular complexity index is 1150. The molecule has 3 aromatic rings. The van der Waals surface area contributed by atoms with Crippen LogP contribution in [0.3, 0.4) is 0 Å². The highest BCUT2D eigenvalue weighted by molar-refractivity contribution is 7.98. The minimum atomic E-state index is -3.75. The molecule has 31 heavy (non-hydrogen) atoms. The van der Waals surface area contributed by atoms with Gasteiger partial charge < -0.3 is 4.42 Å². The molecule has 1 aliphatic heterocycles. The van der Waals surface area contributed by atoms with Crippen LogP contribution >= 0.6 is 23.1 Å². The molecule has 8 nitrogen and oxygen atoms in total. The van der Waals surface area contributed by atoms with Crippen LogP contribution in [0.25, 0.3) is 10.8 Å². The predicted molar refractivity (Wildman–Crippen MR) is 120 cm³/mol. The highest BCUT2D eigenvalue weighted by Crippen LogP contribution is 2.35. The van der Waals surface area contributed by atoms with Gasteiger partial charge in [-0.15, -0.1) is 23.1 Å². The van der Waals surface area contributed by atoms with Gasteiger partial charge in [0, 0.05) is 30.3 Å². The standard InChI is InChI=1S/C20H21N3O5S3/c24-23(25)17-12-16(31(26,27)22-9-3-1-2-4-10-22)7-8-19(17)29-13-15-14-30-20(21-15)18-6-5-11-28-18/h5-8,11-12,14H,1-4,9-10,13H2. The van der Waals surface area contributed by atoms with Gasteiger partial charge >= 0.3 is 0 Å². The van der Waals surface area contributed by atoms with Crippen LogP contribution < -0.4 is 0 Å². The van der Waals surface area contributed by atoms with Crippen LogP contribution in [-0.4, -0.2) is 35.7 Å². The Hall–Kier alpha value is -2.21. The third-order valence-corrected chi connectivity index (χ3v) is 8.89. The third kappa shape index (κ3) is 5.00. The molecule has 1 fully saturated rings. The first-order valence-corrected chi connectivity index (χ1v) is 13.2. The van der Waals surface area contributed by atoms with Gasteiger partial charge in [0.2, 0.25) is 10.0 Å². The van der Waals surface area contributed by atoms with E-state index < -0.39 is 14.9 Å². The zero-order valence-corrected chi connectivity index (χ0v) is 19.0. The molecular formula is C20H21N3O5S3. The molecule has 1 aliphatic rings. The van der Waals surface area contributed by atoms with Crippen molar-refractivity contribution in [1.29, 1.82) is 0 Å². The lowest BCUT2D eigenvalue weighted by atomic mass is 10.2. The molecular weight excluding hydrogens is 458 g/mol. The van der Waals surface area contributed by atoms with Crippen LogP contribution in [-0.2, 0) is 15.8 Å². The molecule has 0 N–H and O–H groups in total. The fourth-order valence-electron chi connectivity index (χ4n) is 3.39. The predicted octanol–water partition coefficient (Wildman–Crippen LogP) is 5.17. The summed E-state index contributed by atoms with van der Waals surface area (Å²) in [5.74, 6) is 1.10. The van der Waals surface area contributed by atoms with Gasteiger partial charge in [0.15, 0.2) is 10.8 Å². The van der Waals surface area contributed by atoms with Gasteiger partial charge in [-0.2, -0.15) is 4.31 Å². The third-order valence-electron chi connectivity index (χ3n) is 4.99. The van der Waals surface area contributed by atoms with E-state index in [0.717, 1.165) is 36.4 Å². The monoisotopic (exact) mass is 479 g/mol. The van der Waals surface area contributed by atoms with Crippen LogP contribution in [0.1, 0.15) is 31.4 Å². The van der Waals surface area contributed by atoms with E-state index in [-0.39, 0.29) is 10.6 Å². The highest BCUT2D eigenvalue weighted by Gasteiger charge is 2.28. The first-order valence-electron chi connectivity index (χ1n) is 9.85. The Kier molecular flexibility index (Phi) is 6.75. The second kappa shape index (κ2) is 9.51. The molecule has 3 heterocycles. The normalized spacial score (nSPS) is 15.6. The Balaban J connectivity index is 1.53. The summed E-state index contributed by atoms with van der Waals surface area (Å²) in [4.78, 5) is 16.0. The van der Waals surface area contributed by atoms with Crippen LogP contribution in [0.4, 0.5) is 5.69 Å². The number of nitro groups is 1. The molecule has 0 aliphatic carbocycles. The summed E-state index contributed by atoms with van der Waals surface area (Å²) < 4.78 is 32.8. The zero-order valence-electron chi connectivity index (χ0n) is 16.6. The number of furan rings is 1. The topological polar surface area (TPSA) is 107 Å². The van der Waals surface area contributed by atoms with E-state index in [0.29, 0.717) is 29.5 Å². The van der Waals surface area contributed by atoms with Crippen molar-refractivity contribution in [3.8, 4) is 10.8 Å². The van der Waals surface area contributed by atoms with Gasteiger partial charge in [-0.25, -0.2) is 13.4 Å². The number of thiazole rings is 1. The molecule has 4 rings (SSSR count). The first-order chi connectivity index (χ1) is 14.9. The molecule has 1 saturated heterocycles. The second-order valence-electron chi connectivity index (χ2n) is 7.11. The largest absolute Gasteiger partial charge is 0.462 e. The van der Waals surface area contributed by atoms with Gasteiger partial charge in [0.1, 0.15) is 0 Å². The number of rotatable bonds is 7. The quantitative estimate of drug-likeness (QED) is 0.261. The van der Waals surface area contributed by atoms with E-state index in [9.17, 15) is 18.5 Å². The Morgan fingerprint density at radius 3 is 2.65 bits per heavy atom.